The topological polar surface area (TPSA) is 20.2 Å². The third kappa shape index (κ3) is 5.83. The largest absolute Gasteiger partial charge is 0.507 e. The Morgan fingerprint density at radius 1 is 0.900 bits per heavy atom. The van der Waals surface area contributed by atoms with Crippen molar-refractivity contribution in [3.63, 3.8) is 0 Å². The smallest absolute Gasteiger partial charge is 0.123 e. The summed E-state index contributed by atoms with van der Waals surface area (Å²) in [6.45, 7) is 18.0. The molecule has 0 fully saturated rings. The first kappa shape index (κ1) is 25.3. The Balaban J connectivity index is 2.74. The van der Waals surface area contributed by atoms with Crippen molar-refractivity contribution in [1.29, 1.82) is 0 Å². The number of thiol groups is 1. The van der Waals surface area contributed by atoms with Gasteiger partial charge in [-0.3, -0.25) is 0 Å². The lowest BCUT2D eigenvalue weighted by Gasteiger charge is -2.36. The van der Waals surface area contributed by atoms with Crippen LogP contribution >= 0.6 is 21.2 Å². The first-order valence-corrected chi connectivity index (χ1v) is 12.8. The first-order valence-electron chi connectivity index (χ1n) is 11.2. The molecule has 30 heavy (non-hydrogen) atoms. The number of benzene rings is 2. The highest BCUT2D eigenvalue weighted by atomic mass is 32.1. The van der Waals surface area contributed by atoms with E-state index in [2.05, 4.69) is 104 Å². The molecule has 0 heterocycles. The van der Waals surface area contributed by atoms with E-state index in [1.165, 1.54) is 16.4 Å². The summed E-state index contributed by atoms with van der Waals surface area (Å²) < 4.78 is 0. The van der Waals surface area contributed by atoms with E-state index in [4.69, 9.17) is 0 Å². The Morgan fingerprint density at radius 2 is 1.50 bits per heavy atom. The molecule has 0 aliphatic carbocycles. The van der Waals surface area contributed by atoms with Crippen molar-refractivity contribution >= 4 is 26.5 Å². The second-order valence-corrected chi connectivity index (χ2v) is 13.0. The molecule has 0 saturated heterocycles. The molecule has 0 bridgehead atoms. The number of phenolic OH excluding ortho intramolecular Hbond substituents is 1. The van der Waals surface area contributed by atoms with Gasteiger partial charge in [0.2, 0.25) is 0 Å². The third-order valence-corrected chi connectivity index (χ3v) is 8.18. The van der Waals surface area contributed by atoms with Gasteiger partial charge in [0, 0.05) is 16.5 Å². The lowest BCUT2D eigenvalue weighted by atomic mass is 9.77. The van der Waals surface area contributed by atoms with Gasteiger partial charge in [0.05, 0.1) is 0 Å². The quantitative estimate of drug-likeness (QED) is 0.329. The van der Waals surface area contributed by atoms with Crippen LogP contribution in [0.3, 0.4) is 0 Å². The molecule has 2 aromatic carbocycles. The molecule has 0 spiro atoms. The summed E-state index contributed by atoms with van der Waals surface area (Å²) in [6, 6.07) is 13.2. The molecule has 2 aromatic rings. The summed E-state index contributed by atoms with van der Waals surface area (Å²) in [4.78, 5) is 0. The molecule has 0 aromatic heterocycles. The number of rotatable bonds is 7. The van der Waals surface area contributed by atoms with Gasteiger partial charge in [-0.2, -0.15) is 12.6 Å². The van der Waals surface area contributed by atoms with Gasteiger partial charge in [-0.1, -0.05) is 113 Å². The third-order valence-electron chi connectivity index (χ3n) is 6.01. The lowest BCUT2D eigenvalue weighted by molar-refractivity contribution is 0.425. The van der Waals surface area contributed by atoms with Crippen LogP contribution in [0, 0.1) is 0 Å². The normalized spacial score (nSPS) is 15.0. The van der Waals surface area contributed by atoms with Crippen molar-refractivity contribution in [3.05, 3.63) is 58.7 Å². The average Bonchev–Trinajstić information content (AvgIpc) is 2.65. The van der Waals surface area contributed by atoms with Crippen molar-refractivity contribution in [2.75, 3.05) is 0 Å². The maximum Gasteiger partial charge on any atom is 0.123 e. The molecule has 3 heteroatoms. The van der Waals surface area contributed by atoms with Gasteiger partial charge < -0.3 is 5.11 Å². The average molecular weight is 445 g/mol. The summed E-state index contributed by atoms with van der Waals surface area (Å²) in [5.41, 5.74) is 4.68. The standard InChI is InChI=1S/C27H41OPS/c1-9-10-15-27(8,29-23-14-12-11-13-19(23)18-30)22-17-20(25(2,3)4)16-21(24(22)28)26(5,6)7/h11-14,16-17,28-30H,9-10,15,18H2,1-8H3. The van der Waals surface area contributed by atoms with Crippen molar-refractivity contribution in [2.45, 2.75) is 96.4 Å². The molecule has 0 aliphatic heterocycles. The molecule has 0 saturated carbocycles. The molecule has 0 aliphatic rings. The van der Waals surface area contributed by atoms with E-state index >= 15 is 0 Å². The predicted molar refractivity (Wildman–Crippen MR) is 139 cm³/mol. The van der Waals surface area contributed by atoms with Crippen molar-refractivity contribution in [3.8, 4) is 5.75 Å². The SMILES string of the molecule is CCCCC(C)(Pc1ccccc1CS)c1cc(C(C)(C)C)cc(C(C)(C)C)c1O. The van der Waals surface area contributed by atoms with Crippen LogP contribution < -0.4 is 5.30 Å². The summed E-state index contributed by atoms with van der Waals surface area (Å²) in [6.07, 6.45) is 3.37. The fourth-order valence-electron chi connectivity index (χ4n) is 3.93. The minimum Gasteiger partial charge on any atom is -0.507 e. The van der Waals surface area contributed by atoms with E-state index in [1.807, 2.05) is 0 Å². The van der Waals surface area contributed by atoms with Crippen LogP contribution in [0.4, 0.5) is 0 Å². The van der Waals surface area contributed by atoms with E-state index < -0.39 is 0 Å². The molecule has 2 unspecified atom stereocenters. The number of aromatic hydroxyl groups is 1. The molecular formula is C27H41OPS. The molecule has 1 nitrogen and oxygen atoms in total. The Bertz CT molecular complexity index is 860. The molecule has 2 rings (SSSR count). The lowest BCUT2D eigenvalue weighted by Crippen LogP contribution is -2.24. The van der Waals surface area contributed by atoms with E-state index in [1.54, 1.807) is 0 Å². The zero-order valence-electron chi connectivity index (χ0n) is 20.2. The second-order valence-electron chi connectivity index (χ2n) is 10.8. The van der Waals surface area contributed by atoms with E-state index in [-0.39, 0.29) is 16.0 Å². The van der Waals surface area contributed by atoms with Crippen molar-refractivity contribution in [2.24, 2.45) is 0 Å². The van der Waals surface area contributed by atoms with Gasteiger partial charge in [-0.05, 0) is 39.2 Å². The highest BCUT2D eigenvalue weighted by Gasteiger charge is 2.34. The van der Waals surface area contributed by atoms with Crippen LogP contribution in [0.5, 0.6) is 5.75 Å². The summed E-state index contributed by atoms with van der Waals surface area (Å²) >= 11 is 4.57. The van der Waals surface area contributed by atoms with Crippen LogP contribution in [0.25, 0.3) is 0 Å². The van der Waals surface area contributed by atoms with Crippen LogP contribution in [0.2, 0.25) is 0 Å². The van der Waals surface area contributed by atoms with E-state index in [0.29, 0.717) is 14.3 Å². The Morgan fingerprint density at radius 3 is 2.03 bits per heavy atom. The first-order chi connectivity index (χ1) is 13.8. The Labute approximate surface area is 192 Å². The van der Waals surface area contributed by atoms with Crippen LogP contribution in [-0.4, -0.2) is 5.11 Å². The highest BCUT2D eigenvalue weighted by molar-refractivity contribution is 7.79. The molecule has 0 radical (unpaired) electrons. The van der Waals surface area contributed by atoms with Gasteiger partial charge in [0.25, 0.3) is 0 Å². The fourth-order valence-corrected chi connectivity index (χ4v) is 6.09. The second kappa shape index (κ2) is 9.66. The zero-order chi connectivity index (χ0) is 22.7. The van der Waals surface area contributed by atoms with Crippen LogP contribution in [-0.2, 0) is 21.7 Å². The molecule has 1 N–H and O–H groups in total. The minimum atomic E-state index is -0.113. The van der Waals surface area contributed by atoms with Gasteiger partial charge >= 0.3 is 0 Å². The molecule has 0 amide bonds. The van der Waals surface area contributed by atoms with Crippen LogP contribution in [0.15, 0.2) is 36.4 Å². The monoisotopic (exact) mass is 444 g/mol. The van der Waals surface area contributed by atoms with Gasteiger partial charge in [0.15, 0.2) is 0 Å². The Hall–Kier alpha value is -0.980. The van der Waals surface area contributed by atoms with E-state index in [9.17, 15) is 5.11 Å². The maximum absolute atomic E-state index is 11.5. The maximum atomic E-state index is 11.5. The minimum absolute atomic E-state index is 0.0280. The number of phenols is 1. The number of hydrogen-bond donors (Lipinski definition) is 2. The Kier molecular flexibility index (Phi) is 8.14. The van der Waals surface area contributed by atoms with Gasteiger partial charge in [0.1, 0.15) is 5.75 Å². The summed E-state index contributed by atoms with van der Waals surface area (Å²) in [5, 5.41) is 12.8. The number of hydrogen-bond acceptors (Lipinski definition) is 2. The van der Waals surface area contributed by atoms with Crippen molar-refractivity contribution < 1.29 is 5.11 Å². The molecular weight excluding hydrogens is 403 g/mol. The molecule has 166 valence electrons. The molecule has 2 atom stereocenters. The predicted octanol–water partition coefficient (Wildman–Crippen LogP) is 7.83. The van der Waals surface area contributed by atoms with Crippen molar-refractivity contribution in [1.82, 2.24) is 0 Å². The van der Waals surface area contributed by atoms with E-state index in [0.717, 1.165) is 36.1 Å². The van der Waals surface area contributed by atoms with Gasteiger partial charge in [-0.25, -0.2) is 0 Å². The number of unbranched alkanes of at least 4 members (excludes halogenated alkanes) is 1. The summed E-state index contributed by atoms with van der Waals surface area (Å²) in [5.74, 6) is 1.24. The van der Waals surface area contributed by atoms with Gasteiger partial charge in [-0.15, -0.1) is 0 Å². The highest BCUT2D eigenvalue weighted by Crippen LogP contribution is 2.51. The fraction of sp³-hybridized carbons (Fsp3) is 0.556. The zero-order valence-corrected chi connectivity index (χ0v) is 22.1. The summed E-state index contributed by atoms with van der Waals surface area (Å²) in [7, 11) is 0.589. The van der Waals surface area contributed by atoms with Crippen LogP contribution in [0.1, 0.15) is 96.9 Å².